The number of hydrogen-bond donors (Lipinski definition) is 1. The molecule has 150 valence electrons. The Hall–Kier alpha value is -2.58. The second-order valence-electron chi connectivity index (χ2n) is 9.04. The number of fused-ring (bicyclic) bond motifs is 4. The predicted octanol–water partition coefficient (Wildman–Crippen LogP) is 4.23. The Morgan fingerprint density at radius 2 is 1.83 bits per heavy atom. The highest BCUT2D eigenvalue weighted by atomic mass is 16.3. The van der Waals surface area contributed by atoms with Crippen molar-refractivity contribution in [3.05, 3.63) is 41.0 Å². The minimum absolute atomic E-state index is 0.0101. The molecule has 5 nitrogen and oxygen atoms in total. The molecule has 5 rings (SSSR count). The molecule has 1 aliphatic carbocycles. The second kappa shape index (κ2) is 7.03. The molecule has 0 atom stereocenters. The van der Waals surface area contributed by atoms with Crippen LogP contribution in [0.25, 0.3) is 16.7 Å². The summed E-state index contributed by atoms with van der Waals surface area (Å²) in [5.41, 5.74) is 6.18. The Morgan fingerprint density at radius 3 is 2.55 bits per heavy atom. The third kappa shape index (κ3) is 2.89. The zero-order valence-corrected chi connectivity index (χ0v) is 17.1. The van der Waals surface area contributed by atoms with Gasteiger partial charge in [-0.05, 0) is 67.2 Å². The first-order chi connectivity index (χ1) is 14.1. The van der Waals surface area contributed by atoms with Crippen LogP contribution in [0.2, 0.25) is 0 Å². The van der Waals surface area contributed by atoms with E-state index in [1.54, 1.807) is 0 Å². The third-order valence-corrected chi connectivity index (χ3v) is 7.05. The number of anilines is 1. The van der Waals surface area contributed by atoms with E-state index in [1.807, 2.05) is 12.1 Å². The smallest absolute Gasteiger partial charge is 0.157 e. The van der Waals surface area contributed by atoms with Gasteiger partial charge in [0.05, 0.1) is 16.6 Å². The minimum Gasteiger partial charge on any atom is -0.396 e. The highest BCUT2D eigenvalue weighted by Crippen LogP contribution is 2.40. The number of rotatable bonds is 2. The van der Waals surface area contributed by atoms with Crippen molar-refractivity contribution in [1.82, 2.24) is 9.38 Å². The molecule has 0 bridgehead atoms. The standard InChI is InChI=1S/C24H28N4O/c1-24(16-29)11-13-27(14-12-24)23-18-8-4-2-3-7-17(18)19(15-25)22-26-20-9-5-6-10-21(20)28(22)23/h5-6,9-10,29H,2-4,7-8,11-14,16H2,1H3. The van der Waals surface area contributed by atoms with Crippen LogP contribution in [0.1, 0.15) is 55.7 Å². The van der Waals surface area contributed by atoms with Crippen LogP contribution in [0, 0.1) is 16.7 Å². The van der Waals surface area contributed by atoms with Gasteiger partial charge in [0.25, 0.3) is 0 Å². The summed E-state index contributed by atoms with van der Waals surface area (Å²) in [5.74, 6) is 1.24. The Balaban J connectivity index is 1.79. The fourth-order valence-corrected chi connectivity index (χ4v) is 5.15. The van der Waals surface area contributed by atoms with E-state index < -0.39 is 0 Å². The SMILES string of the molecule is CC1(CO)CCN(c2c3c(c(C#N)c4nc5ccccc5n24)CCCCC3)CC1. The largest absolute Gasteiger partial charge is 0.396 e. The number of nitrogens with zero attached hydrogens (tertiary/aromatic N) is 4. The van der Waals surface area contributed by atoms with Crippen molar-refractivity contribution in [3.63, 3.8) is 0 Å². The van der Waals surface area contributed by atoms with E-state index in [9.17, 15) is 10.4 Å². The number of imidazole rings is 1. The van der Waals surface area contributed by atoms with Crippen molar-refractivity contribution in [2.75, 3.05) is 24.6 Å². The maximum atomic E-state index is 10.1. The second-order valence-corrected chi connectivity index (χ2v) is 9.04. The lowest BCUT2D eigenvalue weighted by atomic mass is 9.81. The van der Waals surface area contributed by atoms with Crippen LogP contribution in [0.5, 0.6) is 0 Å². The number of piperidine rings is 1. The van der Waals surface area contributed by atoms with Crippen LogP contribution in [-0.4, -0.2) is 34.2 Å². The summed E-state index contributed by atoms with van der Waals surface area (Å²) in [6.07, 6.45) is 7.47. The number of para-hydroxylation sites is 2. The molecule has 2 aromatic heterocycles. The molecule has 3 heterocycles. The number of aliphatic hydroxyl groups excluding tert-OH is 1. The molecule has 0 spiro atoms. The Kier molecular flexibility index (Phi) is 4.48. The maximum absolute atomic E-state index is 10.1. The lowest BCUT2D eigenvalue weighted by Crippen LogP contribution is -2.41. The zero-order chi connectivity index (χ0) is 20.0. The van der Waals surface area contributed by atoms with Gasteiger partial charge in [-0.2, -0.15) is 5.26 Å². The zero-order valence-electron chi connectivity index (χ0n) is 17.1. The average molecular weight is 389 g/mol. The lowest BCUT2D eigenvalue weighted by molar-refractivity contribution is 0.114. The average Bonchev–Trinajstić information content (AvgIpc) is 2.95. The molecule has 0 unspecified atom stereocenters. The van der Waals surface area contributed by atoms with E-state index in [-0.39, 0.29) is 12.0 Å². The summed E-state index contributed by atoms with van der Waals surface area (Å²) in [5, 5.41) is 19.9. The topological polar surface area (TPSA) is 64.6 Å². The number of nitriles is 1. The molecule has 1 aliphatic heterocycles. The first-order valence-electron chi connectivity index (χ1n) is 10.9. The summed E-state index contributed by atoms with van der Waals surface area (Å²) < 4.78 is 2.25. The normalized spacial score (nSPS) is 19.1. The van der Waals surface area contributed by atoms with Crippen LogP contribution >= 0.6 is 0 Å². The van der Waals surface area contributed by atoms with Crippen molar-refractivity contribution < 1.29 is 5.11 Å². The van der Waals surface area contributed by atoms with Crippen LogP contribution in [0.4, 0.5) is 5.82 Å². The van der Waals surface area contributed by atoms with Gasteiger partial charge in [0, 0.05) is 19.7 Å². The summed E-state index contributed by atoms with van der Waals surface area (Å²) in [6.45, 7) is 4.29. The molecule has 29 heavy (non-hydrogen) atoms. The molecular formula is C24H28N4O. The van der Waals surface area contributed by atoms with Crippen LogP contribution < -0.4 is 4.90 Å². The molecule has 0 amide bonds. The summed E-state index contributed by atoms with van der Waals surface area (Å²) in [4.78, 5) is 7.39. The molecule has 5 heteroatoms. The Labute approximate surface area is 171 Å². The van der Waals surface area contributed by atoms with Gasteiger partial charge in [-0.15, -0.1) is 0 Å². The van der Waals surface area contributed by atoms with Gasteiger partial charge < -0.3 is 10.0 Å². The molecular weight excluding hydrogens is 360 g/mol. The van der Waals surface area contributed by atoms with Gasteiger partial charge in [-0.3, -0.25) is 4.40 Å². The van der Waals surface area contributed by atoms with Gasteiger partial charge in [0.1, 0.15) is 11.9 Å². The number of aliphatic hydroxyl groups is 1. The van der Waals surface area contributed by atoms with Crippen molar-refractivity contribution in [2.45, 2.75) is 51.9 Å². The van der Waals surface area contributed by atoms with E-state index in [2.05, 4.69) is 34.4 Å². The molecule has 3 aromatic rings. The Morgan fingerprint density at radius 1 is 1.10 bits per heavy atom. The molecule has 0 radical (unpaired) electrons. The van der Waals surface area contributed by atoms with Gasteiger partial charge >= 0.3 is 0 Å². The maximum Gasteiger partial charge on any atom is 0.157 e. The molecule has 1 fully saturated rings. The number of aromatic nitrogens is 2. The van der Waals surface area contributed by atoms with Crippen LogP contribution in [0.15, 0.2) is 24.3 Å². The van der Waals surface area contributed by atoms with E-state index in [4.69, 9.17) is 4.98 Å². The Bertz CT molecular complexity index is 1120. The molecule has 1 N–H and O–H groups in total. The predicted molar refractivity (Wildman–Crippen MR) is 115 cm³/mol. The molecule has 2 aliphatic rings. The van der Waals surface area contributed by atoms with Crippen molar-refractivity contribution in [3.8, 4) is 6.07 Å². The fraction of sp³-hybridized carbons (Fsp3) is 0.500. The van der Waals surface area contributed by atoms with Crippen LogP contribution in [-0.2, 0) is 12.8 Å². The fourth-order valence-electron chi connectivity index (χ4n) is 5.15. The van der Waals surface area contributed by atoms with Crippen molar-refractivity contribution in [2.24, 2.45) is 5.41 Å². The van der Waals surface area contributed by atoms with Crippen molar-refractivity contribution >= 4 is 22.5 Å². The number of benzene rings is 1. The monoisotopic (exact) mass is 388 g/mol. The highest BCUT2D eigenvalue weighted by Gasteiger charge is 2.33. The van der Waals surface area contributed by atoms with Crippen molar-refractivity contribution in [1.29, 1.82) is 5.26 Å². The quantitative estimate of drug-likeness (QED) is 0.668. The lowest BCUT2D eigenvalue weighted by Gasteiger charge is -2.40. The van der Waals surface area contributed by atoms with Gasteiger partial charge in [-0.1, -0.05) is 25.5 Å². The summed E-state index contributed by atoms with van der Waals surface area (Å²) in [6, 6.07) is 10.7. The molecule has 1 saturated heterocycles. The molecule has 0 saturated carbocycles. The van der Waals surface area contributed by atoms with E-state index in [0.717, 1.165) is 67.4 Å². The van der Waals surface area contributed by atoms with Gasteiger partial charge in [0.15, 0.2) is 5.65 Å². The third-order valence-electron chi connectivity index (χ3n) is 7.05. The van der Waals surface area contributed by atoms with E-state index in [1.165, 1.54) is 29.8 Å². The van der Waals surface area contributed by atoms with Gasteiger partial charge in [0.2, 0.25) is 0 Å². The van der Waals surface area contributed by atoms with E-state index in [0.29, 0.717) is 0 Å². The number of hydrogen-bond acceptors (Lipinski definition) is 4. The highest BCUT2D eigenvalue weighted by molar-refractivity contribution is 5.86. The first kappa shape index (κ1) is 18.4. The molecule has 1 aromatic carbocycles. The summed E-state index contributed by atoms with van der Waals surface area (Å²) >= 11 is 0. The summed E-state index contributed by atoms with van der Waals surface area (Å²) in [7, 11) is 0. The van der Waals surface area contributed by atoms with Gasteiger partial charge in [-0.25, -0.2) is 4.98 Å². The minimum atomic E-state index is 0.0101. The van der Waals surface area contributed by atoms with Crippen LogP contribution in [0.3, 0.4) is 0 Å². The first-order valence-corrected chi connectivity index (χ1v) is 10.9. The number of pyridine rings is 1. The van der Waals surface area contributed by atoms with E-state index >= 15 is 0 Å².